The third-order valence-corrected chi connectivity index (χ3v) is 7.86. The first-order chi connectivity index (χ1) is 18.1. The van der Waals surface area contributed by atoms with Gasteiger partial charge < -0.3 is 19.2 Å². The van der Waals surface area contributed by atoms with Crippen LogP contribution >= 0.6 is 0 Å². The van der Waals surface area contributed by atoms with Crippen molar-refractivity contribution < 1.29 is 19.0 Å². The maximum atomic E-state index is 13.6. The Morgan fingerprint density at radius 1 is 1.11 bits per heavy atom. The van der Waals surface area contributed by atoms with E-state index >= 15 is 0 Å². The van der Waals surface area contributed by atoms with Gasteiger partial charge in [0.1, 0.15) is 6.04 Å². The van der Waals surface area contributed by atoms with Crippen molar-refractivity contribution in [3.8, 4) is 11.5 Å². The third-order valence-electron chi connectivity index (χ3n) is 7.86. The molecule has 2 aliphatic heterocycles. The van der Waals surface area contributed by atoms with Crippen molar-refractivity contribution in [2.75, 3.05) is 26.5 Å². The van der Waals surface area contributed by atoms with E-state index in [0.717, 1.165) is 31.1 Å². The zero-order valence-electron chi connectivity index (χ0n) is 21.0. The van der Waals surface area contributed by atoms with Crippen molar-refractivity contribution in [2.45, 2.75) is 64.0 Å². The Bertz CT molecular complexity index is 1340. The number of likely N-dealkylation sites (tertiary alicyclic amines) is 1. The van der Waals surface area contributed by atoms with Crippen LogP contribution in [0.4, 0.5) is 0 Å². The molecule has 3 aliphatic rings. The highest BCUT2D eigenvalue weighted by molar-refractivity contribution is 5.83. The molecule has 1 saturated carbocycles. The molecule has 1 saturated heterocycles. The monoisotopic (exact) mass is 508 g/mol. The van der Waals surface area contributed by atoms with E-state index in [-0.39, 0.29) is 30.3 Å². The lowest BCUT2D eigenvalue weighted by Crippen LogP contribution is -2.42. The van der Waals surface area contributed by atoms with Crippen molar-refractivity contribution in [2.24, 2.45) is 5.92 Å². The Balaban J connectivity index is 1.40. The molecule has 37 heavy (non-hydrogen) atoms. The Hall–Kier alpha value is -3.47. The van der Waals surface area contributed by atoms with Gasteiger partial charge in [0.05, 0.1) is 24.1 Å². The van der Waals surface area contributed by atoms with Gasteiger partial charge in [0.25, 0.3) is 5.56 Å². The van der Waals surface area contributed by atoms with Crippen molar-refractivity contribution in [3.63, 3.8) is 0 Å². The van der Waals surface area contributed by atoms with Gasteiger partial charge in [0, 0.05) is 30.1 Å². The second-order valence-corrected chi connectivity index (χ2v) is 10.1. The molecule has 6 rings (SSSR count). The van der Waals surface area contributed by atoms with Gasteiger partial charge in [-0.15, -0.1) is 5.10 Å². The average Bonchev–Trinajstić information content (AvgIpc) is 3.58. The number of hydrogen-bond acceptors (Lipinski definition) is 9. The predicted octanol–water partition coefficient (Wildman–Crippen LogP) is 3.11. The summed E-state index contributed by atoms with van der Waals surface area (Å²) in [5.74, 6) is 1.66. The number of H-pyrrole nitrogens is 1. The summed E-state index contributed by atoms with van der Waals surface area (Å²) in [6, 6.07) is 5.38. The number of nitrogens with one attached hydrogen (secondary N) is 1. The fourth-order valence-corrected chi connectivity index (χ4v) is 5.93. The molecular weight excluding hydrogens is 476 g/mol. The van der Waals surface area contributed by atoms with Crippen LogP contribution in [0.15, 0.2) is 23.0 Å². The standard InChI is InChI=1S/C26H32N6O5/c1-2-35-26(34)16-8-10-31(11-9-16)23(24-28-29-30-32(24)18-6-4-3-5-7-18)19-12-17-13-21-22(37-15-36-21)14-20(17)27-25(19)33/h12-14,16,18,23H,2-11,15H2,1H3,(H,27,33). The molecular formula is C26H32N6O5. The van der Waals surface area contributed by atoms with Gasteiger partial charge in [-0.25, -0.2) is 4.68 Å². The summed E-state index contributed by atoms with van der Waals surface area (Å²) in [4.78, 5) is 31.2. The number of benzene rings is 1. The summed E-state index contributed by atoms with van der Waals surface area (Å²) < 4.78 is 18.3. The van der Waals surface area contributed by atoms with Crippen molar-refractivity contribution in [1.82, 2.24) is 30.1 Å². The number of ether oxygens (including phenoxy) is 3. The number of fused-ring (bicyclic) bond motifs is 2. The second-order valence-electron chi connectivity index (χ2n) is 10.1. The molecule has 0 bridgehead atoms. The van der Waals surface area contributed by atoms with Gasteiger partial charge in [0.2, 0.25) is 6.79 Å². The van der Waals surface area contributed by atoms with E-state index in [1.165, 1.54) is 6.42 Å². The van der Waals surface area contributed by atoms with Crippen LogP contribution in [0.25, 0.3) is 10.9 Å². The first kappa shape index (κ1) is 23.9. The molecule has 1 aromatic carbocycles. The highest BCUT2D eigenvalue weighted by Crippen LogP contribution is 2.38. The van der Waals surface area contributed by atoms with E-state index in [1.54, 1.807) is 6.07 Å². The number of carbonyl (C=O) groups excluding carboxylic acids is 1. The molecule has 0 amide bonds. The molecule has 11 nitrogen and oxygen atoms in total. The van der Waals surface area contributed by atoms with Crippen molar-refractivity contribution in [1.29, 1.82) is 0 Å². The van der Waals surface area contributed by atoms with Gasteiger partial charge in [-0.05, 0) is 55.2 Å². The molecule has 1 N–H and O–H groups in total. The lowest BCUT2D eigenvalue weighted by molar-refractivity contribution is -0.149. The number of esters is 1. The van der Waals surface area contributed by atoms with Crippen LogP contribution in [-0.4, -0.2) is 62.5 Å². The zero-order chi connectivity index (χ0) is 25.4. The largest absolute Gasteiger partial charge is 0.466 e. The lowest BCUT2D eigenvalue weighted by Gasteiger charge is -2.36. The van der Waals surface area contributed by atoms with E-state index in [1.807, 2.05) is 23.7 Å². The Kier molecular flexibility index (Phi) is 6.54. The molecule has 2 fully saturated rings. The number of carbonyl (C=O) groups is 1. The molecule has 4 heterocycles. The van der Waals surface area contributed by atoms with Crippen LogP contribution in [0, 0.1) is 5.92 Å². The van der Waals surface area contributed by atoms with E-state index in [9.17, 15) is 9.59 Å². The highest BCUT2D eigenvalue weighted by Gasteiger charge is 2.36. The third kappa shape index (κ3) is 4.56. The summed E-state index contributed by atoms with van der Waals surface area (Å²) in [6.45, 7) is 3.63. The first-order valence-electron chi connectivity index (χ1n) is 13.3. The fraction of sp³-hybridized carbons (Fsp3) is 0.577. The van der Waals surface area contributed by atoms with Crippen LogP contribution < -0.4 is 15.0 Å². The SMILES string of the molecule is CCOC(=O)C1CCN(C(c2cc3cc4c(cc3[nH]c2=O)OCO4)c2nnnn2C2CCCCC2)CC1. The van der Waals surface area contributed by atoms with Crippen LogP contribution in [0.5, 0.6) is 11.5 Å². The normalized spacial score (nSPS) is 19.8. The van der Waals surface area contributed by atoms with E-state index < -0.39 is 6.04 Å². The topological polar surface area (TPSA) is 124 Å². The van der Waals surface area contributed by atoms with E-state index in [4.69, 9.17) is 14.2 Å². The van der Waals surface area contributed by atoms with E-state index in [2.05, 4.69) is 25.4 Å². The van der Waals surface area contributed by atoms with E-state index in [0.29, 0.717) is 60.9 Å². The van der Waals surface area contributed by atoms with Crippen molar-refractivity contribution >= 4 is 16.9 Å². The summed E-state index contributed by atoms with van der Waals surface area (Å²) in [5, 5.41) is 13.8. The van der Waals surface area contributed by atoms with Crippen LogP contribution in [0.2, 0.25) is 0 Å². The second kappa shape index (κ2) is 10.1. The van der Waals surface area contributed by atoms with Crippen LogP contribution in [0.1, 0.15) is 75.3 Å². The Morgan fingerprint density at radius 3 is 2.62 bits per heavy atom. The van der Waals surface area contributed by atoms with Gasteiger partial charge in [-0.2, -0.15) is 0 Å². The summed E-state index contributed by atoms with van der Waals surface area (Å²) >= 11 is 0. The maximum Gasteiger partial charge on any atom is 0.309 e. The smallest absolute Gasteiger partial charge is 0.309 e. The predicted molar refractivity (Wildman–Crippen MR) is 133 cm³/mol. The Labute approximate surface area is 214 Å². The lowest BCUT2D eigenvalue weighted by atomic mass is 9.93. The maximum absolute atomic E-state index is 13.6. The van der Waals surface area contributed by atoms with Gasteiger partial charge in [-0.1, -0.05) is 19.3 Å². The summed E-state index contributed by atoms with van der Waals surface area (Å²) in [6.07, 6.45) is 6.86. The average molecular weight is 509 g/mol. The summed E-state index contributed by atoms with van der Waals surface area (Å²) in [5.41, 5.74) is 1.07. The number of rotatable bonds is 6. The summed E-state index contributed by atoms with van der Waals surface area (Å²) in [7, 11) is 0. The molecule has 2 aromatic heterocycles. The fourth-order valence-electron chi connectivity index (χ4n) is 5.93. The number of aromatic nitrogens is 5. The molecule has 0 radical (unpaired) electrons. The van der Waals surface area contributed by atoms with Gasteiger partial charge >= 0.3 is 5.97 Å². The molecule has 1 unspecified atom stereocenters. The minimum absolute atomic E-state index is 0.138. The molecule has 1 aliphatic carbocycles. The van der Waals surface area contributed by atoms with Crippen molar-refractivity contribution in [3.05, 3.63) is 39.9 Å². The quantitative estimate of drug-likeness (QED) is 0.500. The number of pyridine rings is 1. The molecule has 1 atom stereocenters. The number of piperidine rings is 1. The van der Waals surface area contributed by atoms with Gasteiger partial charge in [-0.3, -0.25) is 14.5 Å². The molecule has 0 spiro atoms. The minimum atomic E-state index is -0.446. The first-order valence-corrected chi connectivity index (χ1v) is 13.3. The molecule has 11 heteroatoms. The molecule has 3 aromatic rings. The number of tetrazole rings is 1. The van der Waals surface area contributed by atoms with Crippen LogP contribution in [-0.2, 0) is 9.53 Å². The number of nitrogens with zero attached hydrogens (tertiary/aromatic N) is 5. The van der Waals surface area contributed by atoms with Crippen LogP contribution in [0.3, 0.4) is 0 Å². The van der Waals surface area contributed by atoms with Gasteiger partial charge in [0.15, 0.2) is 17.3 Å². The zero-order valence-corrected chi connectivity index (χ0v) is 21.0. The molecule has 196 valence electrons. The Morgan fingerprint density at radius 2 is 1.86 bits per heavy atom. The highest BCUT2D eigenvalue weighted by atomic mass is 16.7. The minimum Gasteiger partial charge on any atom is -0.466 e. The number of aromatic amines is 1. The number of hydrogen-bond donors (Lipinski definition) is 1.